The Bertz CT molecular complexity index is 502. The number of esters is 1. The first kappa shape index (κ1) is 15.7. The van der Waals surface area contributed by atoms with Crippen LogP contribution < -0.4 is 10.1 Å². The SMILES string of the molecule is [CH2]CCCNc1c(OC)cc(C(=O)OC)cc1[N+](=O)[O-]. The van der Waals surface area contributed by atoms with Crippen LogP contribution in [0.1, 0.15) is 23.2 Å². The first-order chi connectivity index (χ1) is 9.54. The fraction of sp³-hybridized carbons (Fsp3) is 0.385. The second-order valence-electron chi connectivity index (χ2n) is 3.96. The average molecular weight is 281 g/mol. The zero-order valence-electron chi connectivity index (χ0n) is 11.5. The molecule has 0 spiro atoms. The molecule has 0 amide bonds. The van der Waals surface area contributed by atoms with Crippen LogP contribution >= 0.6 is 0 Å². The third-order valence-electron chi connectivity index (χ3n) is 2.65. The van der Waals surface area contributed by atoms with Crippen molar-refractivity contribution in [1.29, 1.82) is 0 Å². The summed E-state index contributed by atoms with van der Waals surface area (Å²) in [6.07, 6.45) is 1.47. The minimum Gasteiger partial charge on any atom is -0.494 e. The number of nitrogens with one attached hydrogen (secondary N) is 1. The van der Waals surface area contributed by atoms with E-state index in [1.807, 2.05) is 0 Å². The zero-order valence-corrected chi connectivity index (χ0v) is 11.5. The van der Waals surface area contributed by atoms with Gasteiger partial charge in [-0.3, -0.25) is 10.1 Å². The number of methoxy groups -OCH3 is 2. The lowest BCUT2D eigenvalue weighted by atomic mass is 10.1. The third kappa shape index (κ3) is 3.59. The summed E-state index contributed by atoms with van der Waals surface area (Å²) < 4.78 is 9.67. The van der Waals surface area contributed by atoms with E-state index in [0.717, 1.165) is 6.42 Å². The number of nitro groups is 1. The summed E-state index contributed by atoms with van der Waals surface area (Å²) in [5.74, 6) is -0.431. The Morgan fingerprint density at radius 1 is 1.45 bits per heavy atom. The van der Waals surface area contributed by atoms with Crippen molar-refractivity contribution in [2.24, 2.45) is 0 Å². The number of unbranched alkanes of at least 4 members (excludes halogenated alkanes) is 1. The van der Waals surface area contributed by atoms with Gasteiger partial charge >= 0.3 is 5.97 Å². The molecule has 1 N–H and O–H groups in total. The number of nitro benzene ring substituents is 1. The lowest BCUT2D eigenvalue weighted by molar-refractivity contribution is -0.384. The normalized spacial score (nSPS) is 9.95. The van der Waals surface area contributed by atoms with Crippen molar-refractivity contribution in [1.82, 2.24) is 0 Å². The summed E-state index contributed by atoms with van der Waals surface area (Å²) >= 11 is 0. The standard InChI is InChI=1S/C13H17N2O5/c1-4-5-6-14-12-10(15(17)18)7-9(13(16)20-3)8-11(12)19-2/h7-8,14H,1,4-6H2,2-3H3. The number of hydrogen-bond acceptors (Lipinski definition) is 6. The summed E-state index contributed by atoms with van der Waals surface area (Å²) in [6.45, 7) is 4.23. The molecule has 0 fully saturated rings. The Morgan fingerprint density at radius 2 is 2.15 bits per heavy atom. The lowest BCUT2D eigenvalue weighted by Crippen LogP contribution is -2.09. The molecular formula is C13H17N2O5. The van der Waals surface area contributed by atoms with Gasteiger partial charge in [-0.1, -0.05) is 13.3 Å². The van der Waals surface area contributed by atoms with Crippen molar-refractivity contribution >= 4 is 17.3 Å². The molecule has 7 heteroatoms. The molecule has 0 aliphatic heterocycles. The van der Waals surface area contributed by atoms with E-state index in [-0.39, 0.29) is 22.7 Å². The Kier molecular flexibility index (Phi) is 5.76. The molecule has 0 aromatic heterocycles. The Balaban J connectivity index is 3.25. The van der Waals surface area contributed by atoms with Gasteiger partial charge in [-0.05, 0) is 12.5 Å². The predicted molar refractivity (Wildman–Crippen MR) is 74.1 cm³/mol. The molecule has 0 heterocycles. The molecule has 1 rings (SSSR count). The van der Waals surface area contributed by atoms with Crippen molar-refractivity contribution in [3.63, 3.8) is 0 Å². The molecule has 0 saturated heterocycles. The van der Waals surface area contributed by atoms with E-state index >= 15 is 0 Å². The van der Waals surface area contributed by atoms with E-state index in [0.29, 0.717) is 13.0 Å². The number of anilines is 1. The van der Waals surface area contributed by atoms with Gasteiger partial charge in [-0.2, -0.15) is 0 Å². The van der Waals surface area contributed by atoms with Crippen LogP contribution in [0.25, 0.3) is 0 Å². The molecule has 1 aromatic rings. The van der Waals surface area contributed by atoms with Gasteiger partial charge in [0, 0.05) is 12.6 Å². The summed E-state index contributed by atoms with van der Waals surface area (Å²) in [4.78, 5) is 22.1. The van der Waals surface area contributed by atoms with Crippen LogP contribution in [0.15, 0.2) is 12.1 Å². The Hall–Kier alpha value is -2.31. The van der Waals surface area contributed by atoms with Gasteiger partial charge in [0.2, 0.25) is 0 Å². The van der Waals surface area contributed by atoms with Crippen LogP contribution in [0.3, 0.4) is 0 Å². The second kappa shape index (κ2) is 7.32. The van der Waals surface area contributed by atoms with Gasteiger partial charge in [0.05, 0.1) is 24.7 Å². The molecule has 0 aliphatic rings. The summed E-state index contributed by atoms with van der Waals surface area (Å²) in [5.41, 5.74) is 0.0890. The highest BCUT2D eigenvalue weighted by Crippen LogP contribution is 2.36. The number of carbonyl (C=O) groups is 1. The molecule has 0 saturated carbocycles. The molecule has 0 bridgehead atoms. The van der Waals surface area contributed by atoms with Crippen molar-refractivity contribution in [3.05, 3.63) is 34.7 Å². The smallest absolute Gasteiger partial charge is 0.338 e. The number of rotatable bonds is 7. The van der Waals surface area contributed by atoms with Gasteiger partial charge in [0.1, 0.15) is 5.75 Å². The maximum Gasteiger partial charge on any atom is 0.338 e. The van der Waals surface area contributed by atoms with E-state index in [1.54, 1.807) is 0 Å². The highest BCUT2D eigenvalue weighted by molar-refractivity contribution is 5.92. The van der Waals surface area contributed by atoms with Gasteiger partial charge in [0.25, 0.3) is 5.69 Å². The number of hydrogen-bond donors (Lipinski definition) is 1. The van der Waals surface area contributed by atoms with Crippen molar-refractivity contribution in [2.75, 3.05) is 26.1 Å². The molecule has 109 valence electrons. The monoisotopic (exact) mass is 281 g/mol. The van der Waals surface area contributed by atoms with Gasteiger partial charge in [-0.15, -0.1) is 0 Å². The number of carbonyl (C=O) groups excluding carboxylic acids is 1. The maximum atomic E-state index is 11.5. The molecule has 1 radical (unpaired) electrons. The number of benzene rings is 1. The van der Waals surface area contributed by atoms with Crippen LogP contribution in [-0.2, 0) is 4.74 Å². The van der Waals surface area contributed by atoms with E-state index in [2.05, 4.69) is 17.0 Å². The van der Waals surface area contributed by atoms with E-state index in [1.165, 1.54) is 26.4 Å². The van der Waals surface area contributed by atoms with Crippen LogP contribution in [0.4, 0.5) is 11.4 Å². The highest BCUT2D eigenvalue weighted by Gasteiger charge is 2.23. The van der Waals surface area contributed by atoms with Crippen LogP contribution in [-0.4, -0.2) is 31.7 Å². The maximum absolute atomic E-state index is 11.5. The van der Waals surface area contributed by atoms with E-state index < -0.39 is 10.9 Å². The molecule has 7 nitrogen and oxygen atoms in total. The van der Waals surface area contributed by atoms with Crippen LogP contribution in [0, 0.1) is 17.0 Å². The quantitative estimate of drug-likeness (QED) is 0.357. The molecule has 1 aromatic carbocycles. The first-order valence-electron chi connectivity index (χ1n) is 6.03. The summed E-state index contributed by atoms with van der Waals surface area (Å²) in [5, 5.41) is 14.1. The van der Waals surface area contributed by atoms with Gasteiger partial charge in [0.15, 0.2) is 5.69 Å². The zero-order chi connectivity index (χ0) is 15.1. The molecule has 20 heavy (non-hydrogen) atoms. The molecular weight excluding hydrogens is 264 g/mol. The first-order valence-corrected chi connectivity index (χ1v) is 6.03. The Labute approximate surface area is 117 Å². The second-order valence-corrected chi connectivity index (χ2v) is 3.96. The van der Waals surface area contributed by atoms with Crippen LogP contribution in [0.2, 0.25) is 0 Å². The predicted octanol–water partition coefficient (Wildman–Crippen LogP) is 2.42. The summed E-state index contributed by atoms with van der Waals surface area (Å²) in [6, 6.07) is 2.58. The number of ether oxygens (including phenoxy) is 2. The fourth-order valence-electron chi connectivity index (χ4n) is 1.66. The van der Waals surface area contributed by atoms with Crippen molar-refractivity contribution in [3.8, 4) is 5.75 Å². The van der Waals surface area contributed by atoms with Gasteiger partial charge < -0.3 is 14.8 Å². The minimum absolute atomic E-state index is 0.0683. The minimum atomic E-state index is -0.657. The number of nitrogens with zero attached hydrogens (tertiary/aromatic N) is 1. The molecule has 0 aliphatic carbocycles. The summed E-state index contributed by atoms with van der Waals surface area (Å²) in [7, 11) is 2.59. The van der Waals surface area contributed by atoms with Crippen molar-refractivity contribution < 1.29 is 19.2 Å². The highest BCUT2D eigenvalue weighted by atomic mass is 16.6. The Morgan fingerprint density at radius 3 is 2.65 bits per heavy atom. The topological polar surface area (TPSA) is 90.7 Å². The largest absolute Gasteiger partial charge is 0.494 e. The van der Waals surface area contributed by atoms with Crippen molar-refractivity contribution in [2.45, 2.75) is 12.8 Å². The average Bonchev–Trinajstić information content (AvgIpc) is 2.46. The fourth-order valence-corrected chi connectivity index (χ4v) is 1.66. The molecule has 0 atom stereocenters. The van der Waals surface area contributed by atoms with E-state index in [4.69, 9.17) is 4.74 Å². The van der Waals surface area contributed by atoms with E-state index in [9.17, 15) is 14.9 Å². The molecule has 0 unspecified atom stereocenters. The van der Waals surface area contributed by atoms with Crippen LogP contribution in [0.5, 0.6) is 5.75 Å². The van der Waals surface area contributed by atoms with Gasteiger partial charge in [-0.25, -0.2) is 4.79 Å². The lowest BCUT2D eigenvalue weighted by Gasteiger charge is -2.12. The third-order valence-corrected chi connectivity index (χ3v) is 2.65.